The number of halogens is 1. The summed E-state index contributed by atoms with van der Waals surface area (Å²) in [7, 11) is 0. The second-order valence-corrected chi connectivity index (χ2v) is 6.87. The second-order valence-electron chi connectivity index (χ2n) is 6.43. The number of carbonyl (C=O) groups excluding carboxylic acids is 1. The monoisotopic (exact) mass is 359 g/mol. The average molecular weight is 360 g/mol. The predicted molar refractivity (Wildman–Crippen MR) is 92.9 cm³/mol. The fourth-order valence-electron chi connectivity index (χ4n) is 3.37. The number of oxazole rings is 1. The first-order valence-corrected chi connectivity index (χ1v) is 8.69. The quantitative estimate of drug-likeness (QED) is 0.688. The van der Waals surface area contributed by atoms with Crippen molar-refractivity contribution in [2.24, 2.45) is 0 Å². The molecular weight excluding hydrogens is 342 g/mol. The lowest BCUT2D eigenvalue weighted by Crippen LogP contribution is -2.38. The first-order chi connectivity index (χ1) is 12.0. The molecule has 3 heterocycles. The minimum Gasteiger partial charge on any atom is -0.440 e. The lowest BCUT2D eigenvalue weighted by atomic mass is 9.96. The molecule has 1 aliphatic heterocycles. The van der Waals surface area contributed by atoms with Crippen LogP contribution >= 0.6 is 11.6 Å². The Morgan fingerprint density at radius 1 is 1.28 bits per heavy atom. The van der Waals surface area contributed by atoms with Gasteiger partial charge in [0, 0.05) is 24.0 Å². The Labute approximate surface area is 149 Å². The summed E-state index contributed by atoms with van der Waals surface area (Å²) in [6, 6.07) is 5.44. The summed E-state index contributed by atoms with van der Waals surface area (Å²) in [4.78, 5) is 19.1. The van der Waals surface area contributed by atoms with Crippen LogP contribution in [0.1, 0.15) is 46.5 Å². The maximum atomic E-state index is 12.7. The van der Waals surface area contributed by atoms with E-state index in [0.717, 1.165) is 29.8 Å². The Hall–Kier alpha value is -2.34. The van der Waals surface area contributed by atoms with Crippen molar-refractivity contribution < 1.29 is 13.7 Å². The predicted octanol–water partition coefficient (Wildman–Crippen LogP) is 4.11. The molecule has 0 atom stereocenters. The number of fused-ring (bicyclic) bond motifs is 1. The van der Waals surface area contributed by atoms with Crippen molar-refractivity contribution in [3.63, 3.8) is 0 Å². The molecule has 1 fully saturated rings. The number of piperidine rings is 1. The van der Waals surface area contributed by atoms with Crippen LogP contribution in [0, 0.1) is 13.8 Å². The van der Waals surface area contributed by atoms with E-state index in [-0.39, 0.29) is 11.8 Å². The van der Waals surface area contributed by atoms with E-state index >= 15 is 0 Å². The molecule has 7 heteroatoms. The first-order valence-electron chi connectivity index (χ1n) is 8.31. The molecule has 0 radical (unpaired) electrons. The first kappa shape index (κ1) is 16.1. The van der Waals surface area contributed by atoms with E-state index < -0.39 is 0 Å². The van der Waals surface area contributed by atoms with E-state index in [1.54, 1.807) is 26.0 Å². The number of aryl methyl sites for hydroxylation is 2. The van der Waals surface area contributed by atoms with Crippen LogP contribution in [-0.4, -0.2) is 34.0 Å². The molecule has 0 N–H and O–H groups in total. The third-order valence-corrected chi connectivity index (χ3v) is 4.98. The van der Waals surface area contributed by atoms with Gasteiger partial charge in [0.15, 0.2) is 11.5 Å². The molecule has 1 aliphatic rings. The van der Waals surface area contributed by atoms with E-state index in [1.807, 2.05) is 11.0 Å². The molecular formula is C18H18ClN3O3. The van der Waals surface area contributed by atoms with E-state index in [1.165, 1.54) is 0 Å². The van der Waals surface area contributed by atoms with Gasteiger partial charge in [-0.1, -0.05) is 16.8 Å². The Kier molecular flexibility index (Phi) is 4.00. The summed E-state index contributed by atoms with van der Waals surface area (Å²) in [6.07, 6.45) is 1.63. The molecule has 1 saturated heterocycles. The van der Waals surface area contributed by atoms with Crippen molar-refractivity contribution in [3.8, 4) is 0 Å². The van der Waals surface area contributed by atoms with Crippen molar-refractivity contribution in [1.29, 1.82) is 0 Å². The third-order valence-electron chi connectivity index (χ3n) is 4.74. The zero-order chi connectivity index (χ0) is 17.6. The van der Waals surface area contributed by atoms with Gasteiger partial charge >= 0.3 is 0 Å². The van der Waals surface area contributed by atoms with Gasteiger partial charge in [0.25, 0.3) is 5.91 Å². The van der Waals surface area contributed by atoms with Crippen LogP contribution in [-0.2, 0) is 0 Å². The van der Waals surface area contributed by atoms with E-state index in [9.17, 15) is 4.79 Å². The molecule has 130 valence electrons. The standard InChI is InChI=1S/C18H18ClN3O3/c1-10-16(11(2)25-21-10)18(23)22-7-5-12(6-8-22)17-20-14-9-13(19)3-4-15(14)24-17/h3-4,9,12H,5-8H2,1-2H3. The zero-order valence-corrected chi connectivity index (χ0v) is 14.8. The van der Waals surface area contributed by atoms with Crippen LogP contribution in [0.25, 0.3) is 11.1 Å². The number of rotatable bonds is 2. The summed E-state index contributed by atoms with van der Waals surface area (Å²) in [6.45, 7) is 4.88. The molecule has 25 heavy (non-hydrogen) atoms. The minimum atomic E-state index is -0.0148. The smallest absolute Gasteiger partial charge is 0.259 e. The summed E-state index contributed by atoms with van der Waals surface area (Å²) >= 11 is 6.00. The van der Waals surface area contributed by atoms with Gasteiger partial charge in [0.1, 0.15) is 16.8 Å². The van der Waals surface area contributed by atoms with Crippen LogP contribution in [0.4, 0.5) is 0 Å². The van der Waals surface area contributed by atoms with Crippen molar-refractivity contribution >= 4 is 28.6 Å². The fourth-order valence-corrected chi connectivity index (χ4v) is 3.54. The average Bonchev–Trinajstić information content (AvgIpc) is 3.17. The Morgan fingerprint density at radius 2 is 2.04 bits per heavy atom. The maximum Gasteiger partial charge on any atom is 0.259 e. The molecule has 0 aliphatic carbocycles. The molecule has 0 bridgehead atoms. The lowest BCUT2D eigenvalue weighted by molar-refractivity contribution is 0.0704. The van der Waals surface area contributed by atoms with Crippen molar-refractivity contribution in [3.05, 3.63) is 46.1 Å². The van der Waals surface area contributed by atoms with E-state index in [4.69, 9.17) is 20.5 Å². The van der Waals surface area contributed by atoms with Gasteiger partial charge < -0.3 is 13.8 Å². The maximum absolute atomic E-state index is 12.7. The highest BCUT2D eigenvalue weighted by Gasteiger charge is 2.30. The van der Waals surface area contributed by atoms with Crippen molar-refractivity contribution in [2.45, 2.75) is 32.6 Å². The van der Waals surface area contributed by atoms with Gasteiger partial charge in [-0.05, 0) is 44.9 Å². The van der Waals surface area contributed by atoms with Crippen molar-refractivity contribution in [1.82, 2.24) is 15.0 Å². The van der Waals surface area contributed by atoms with Crippen LogP contribution in [0.5, 0.6) is 0 Å². The summed E-state index contributed by atoms with van der Waals surface area (Å²) in [5, 5.41) is 4.51. The van der Waals surface area contributed by atoms with E-state index in [2.05, 4.69) is 10.1 Å². The molecule has 2 aromatic heterocycles. The minimum absolute atomic E-state index is 0.0148. The van der Waals surface area contributed by atoms with Gasteiger partial charge in [0.2, 0.25) is 0 Å². The molecule has 0 unspecified atom stereocenters. The molecule has 0 saturated carbocycles. The number of likely N-dealkylation sites (tertiary alicyclic amines) is 1. The highest BCUT2D eigenvalue weighted by atomic mass is 35.5. The number of nitrogens with zero attached hydrogens (tertiary/aromatic N) is 3. The SMILES string of the molecule is Cc1noc(C)c1C(=O)N1CCC(c2nc3cc(Cl)ccc3o2)CC1. The van der Waals surface area contributed by atoms with Gasteiger partial charge in [-0.15, -0.1) is 0 Å². The molecule has 3 aromatic rings. The topological polar surface area (TPSA) is 72.4 Å². The number of aromatic nitrogens is 2. The number of carbonyl (C=O) groups is 1. The van der Waals surface area contributed by atoms with E-state index in [0.29, 0.717) is 35.1 Å². The largest absolute Gasteiger partial charge is 0.440 e. The van der Waals surface area contributed by atoms with Gasteiger partial charge in [-0.3, -0.25) is 4.79 Å². The van der Waals surface area contributed by atoms with Crippen LogP contribution < -0.4 is 0 Å². The highest BCUT2D eigenvalue weighted by molar-refractivity contribution is 6.31. The lowest BCUT2D eigenvalue weighted by Gasteiger charge is -2.30. The Balaban J connectivity index is 1.48. The van der Waals surface area contributed by atoms with Crippen molar-refractivity contribution in [2.75, 3.05) is 13.1 Å². The van der Waals surface area contributed by atoms with Gasteiger partial charge in [-0.25, -0.2) is 4.98 Å². The summed E-state index contributed by atoms with van der Waals surface area (Å²) < 4.78 is 11.0. The zero-order valence-electron chi connectivity index (χ0n) is 14.1. The van der Waals surface area contributed by atoms with Gasteiger partial charge in [0.05, 0.1) is 5.69 Å². The third kappa shape index (κ3) is 2.91. The van der Waals surface area contributed by atoms with Crippen LogP contribution in [0.3, 0.4) is 0 Å². The number of benzene rings is 1. The molecule has 0 spiro atoms. The highest BCUT2D eigenvalue weighted by Crippen LogP contribution is 2.31. The molecule has 1 aromatic carbocycles. The number of hydrogen-bond donors (Lipinski definition) is 0. The Morgan fingerprint density at radius 3 is 2.72 bits per heavy atom. The normalized spacial score (nSPS) is 15.9. The molecule has 1 amide bonds. The molecule has 6 nitrogen and oxygen atoms in total. The molecule has 4 rings (SSSR count). The second kappa shape index (κ2) is 6.19. The van der Waals surface area contributed by atoms with Crippen LogP contribution in [0.2, 0.25) is 5.02 Å². The van der Waals surface area contributed by atoms with Gasteiger partial charge in [-0.2, -0.15) is 0 Å². The number of hydrogen-bond acceptors (Lipinski definition) is 5. The Bertz CT molecular complexity index is 919. The summed E-state index contributed by atoms with van der Waals surface area (Å²) in [5.41, 5.74) is 2.74. The number of amides is 1. The summed E-state index contributed by atoms with van der Waals surface area (Å²) in [5.74, 6) is 1.49. The fraction of sp³-hybridized carbons (Fsp3) is 0.389. The van der Waals surface area contributed by atoms with Crippen LogP contribution in [0.15, 0.2) is 27.1 Å².